The van der Waals surface area contributed by atoms with Gasteiger partial charge in [-0.1, -0.05) is 55.5 Å². The summed E-state index contributed by atoms with van der Waals surface area (Å²) in [5, 5.41) is 3.69. The van der Waals surface area contributed by atoms with Gasteiger partial charge < -0.3 is 20.1 Å². The number of fused-ring (bicyclic) bond motifs is 1. The van der Waals surface area contributed by atoms with Crippen LogP contribution in [0.5, 0.6) is 0 Å². The zero-order chi connectivity index (χ0) is 26.2. The number of hydrogen-bond acceptors (Lipinski definition) is 2. The van der Waals surface area contributed by atoms with Crippen molar-refractivity contribution in [2.75, 3.05) is 25.0 Å². The molecule has 0 saturated carbocycles. The molecular formula is C29H30F2N4O2. The fourth-order valence-corrected chi connectivity index (χ4v) is 4.25. The molecule has 3 aromatic carbocycles. The third kappa shape index (κ3) is 6.73. The quantitative estimate of drug-likeness (QED) is 0.280. The van der Waals surface area contributed by atoms with Crippen LogP contribution in [-0.4, -0.2) is 46.4 Å². The van der Waals surface area contributed by atoms with E-state index in [1.54, 1.807) is 4.90 Å². The van der Waals surface area contributed by atoms with Crippen molar-refractivity contribution in [3.8, 4) is 0 Å². The number of carbonyl (C=O) groups excluding carboxylic acids is 2. The van der Waals surface area contributed by atoms with E-state index in [-0.39, 0.29) is 18.1 Å². The smallest absolute Gasteiger partial charge is 0.322 e. The van der Waals surface area contributed by atoms with Gasteiger partial charge in [0.1, 0.15) is 6.54 Å². The monoisotopic (exact) mass is 504 g/mol. The number of nitrogens with zero attached hydrogens (tertiary/aromatic N) is 2. The summed E-state index contributed by atoms with van der Waals surface area (Å²) in [6.45, 7) is 2.99. The van der Waals surface area contributed by atoms with Crippen LogP contribution < -0.4 is 5.32 Å². The Balaban J connectivity index is 1.48. The fraction of sp³-hybridized carbons (Fsp3) is 0.241. The van der Waals surface area contributed by atoms with E-state index >= 15 is 0 Å². The van der Waals surface area contributed by atoms with E-state index in [1.807, 2.05) is 61.7 Å². The van der Waals surface area contributed by atoms with Crippen molar-refractivity contribution in [3.05, 3.63) is 102 Å². The molecule has 0 aliphatic carbocycles. The van der Waals surface area contributed by atoms with E-state index in [4.69, 9.17) is 0 Å². The van der Waals surface area contributed by atoms with Crippen LogP contribution >= 0.6 is 0 Å². The van der Waals surface area contributed by atoms with Crippen molar-refractivity contribution in [1.82, 2.24) is 14.8 Å². The second kappa shape index (κ2) is 12.2. The van der Waals surface area contributed by atoms with E-state index < -0.39 is 17.7 Å². The first kappa shape index (κ1) is 25.9. The van der Waals surface area contributed by atoms with Gasteiger partial charge in [-0.3, -0.25) is 4.79 Å². The Bertz CT molecular complexity index is 1360. The van der Waals surface area contributed by atoms with Crippen molar-refractivity contribution in [2.45, 2.75) is 26.3 Å². The number of nitrogens with one attached hydrogen (secondary N) is 2. The molecule has 0 bridgehead atoms. The third-order valence-electron chi connectivity index (χ3n) is 6.17. The summed E-state index contributed by atoms with van der Waals surface area (Å²) in [6, 6.07) is 20.3. The number of H-pyrrole nitrogens is 1. The number of urea groups is 1. The Morgan fingerprint density at radius 1 is 0.892 bits per heavy atom. The largest absolute Gasteiger partial charge is 0.361 e. The Morgan fingerprint density at radius 3 is 2.41 bits per heavy atom. The Labute approximate surface area is 214 Å². The number of halogens is 2. The van der Waals surface area contributed by atoms with Crippen LogP contribution in [0.3, 0.4) is 0 Å². The highest BCUT2D eigenvalue weighted by molar-refractivity contribution is 5.92. The zero-order valence-corrected chi connectivity index (χ0v) is 20.7. The van der Waals surface area contributed by atoms with E-state index in [2.05, 4.69) is 16.4 Å². The Hall–Kier alpha value is -4.20. The van der Waals surface area contributed by atoms with Gasteiger partial charge in [0, 0.05) is 48.5 Å². The van der Waals surface area contributed by atoms with Gasteiger partial charge in [-0.25, -0.2) is 13.6 Å². The van der Waals surface area contributed by atoms with Crippen molar-refractivity contribution in [2.24, 2.45) is 0 Å². The highest BCUT2D eigenvalue weighted by Crippen LogP contribution is 2.19. The topological polar surface area (TPSA) is 68.4 Å². The van der Waals surface area contributed by atoms with Gasteiger partial charge in [0.2, 0.25) is 5.91 Å². The average Bonchev–Trinajstić information content (AvgIpc) is 3.32. The van der Waals surface area contributed by atoms with Crippen molar-refractivity contribution >= 4 is 28.5 Å². The van der Waals surface area contributed by atoms with E-state index in [1.165, 1.54) is 11.0 Å². The van der Waals surface area contributed by atoms with Crippen molar-refractivity contribution < 1.29 is 18.4 Å². The predicted molar refractivity (Wildman–Crippen MR) is 141 cm³/mol. The third-order valence-corrected chi connectivity index (χ3v) is 6.17. The molecule has 4 aromatic rings. The lowest BCUT2D eigenvalue weighted by molar-refractivity contribution is -0.132. The number of anilines is 1. The molecule has 0 spiro atoms. The second-order valence-electron chi connectivity index (χ2n) is 8.89. The fourth-order valence-electron chi connectivity index (χ4n) is 4.25. The number of amides is 3. The number of carbonyl (C=O) groups is 2. The minimum Gasteiger partial charge on any atom is -0.361 e. The highest BCUT2D eigenvalue weighted by atomic mass is 19.2. The number of hydrogen-bond donors (Lipinski definition) is 2. The average molecular weight is 505 g/mol. The maximum Gasteiger partial charge on any atom is 0.322 e. The van der Waals surface area contributed by atoms with E-state index in [0.717, 1.165) is 34.2 Å². The first-order valence-corrected chi connectivity index (χ1v) is 12.3. The van der Waals surface area contributed by atoms with Crippen LogP contribution in [0.4, 0.5) is 19.3 Å². The first-order valence-electron chi connectivity index (χ1n) is 12.3. The molecule has 3 amide bonds. The lowest BCUT2D eigenvalue weighted by Crippen LogP contribution is -2.45. The molecule has 37 heavy (non-hydrogen) atoms. The van der Waals surface area contributed by atoms with Crippen molar-refractivity contribution in [1.29, 1.82) is 0 Å². The van der Waals surface area contributed by atoms with Gasteiger partial charge >= 0.3 is 6.03 Å². The number of rotatable bonds is 10. The first-order chi connectivity index (χ1) is 17.9. The molecule has 0 saturated heterocycles. The minimum absolute atomic E-state index is 0.123. The normalized spacial score (nSPS) is 10.9. The standard InChI is InChI=1S/C29H30F2N4O2/c1-2-15-35(29(37)33-23-12-13-25(30)26(31)17-23)20-28(36)34(19-21-8-4-3-5-9-21)16-14-22-18-32-27-11-7-6-10-24(22)27/h3-13,17-18,32H,2,14-16,19-20H2,1H3,(H,33,37). The maximum absolute atomic E-state index is 13.6. The van der Waals surface area contributed by atoms with Crippen LogP contribution in [0.2, 0.25) is 0 Å². The van der Waals surface area contributed by atoms with Crippen LogP contribution in [-0.2, 0) is 17.8 Å². The summed E-state index contributed by atoms with van der Waals surface area (Å²) in [4.78, 5) is 32.8. The molecule has 0 atom stereocenters. The second-order valence-corrected chi connectivity index (χ2v) is 8.89. The molecule has 6 nitrogen and oxygen atoms in total. The minimum atomic E-state index is -1.05. The molecule has 192 valence electrons. The van der Waals surface area contributed by atoms with Crippen LogP contribution in [0.15, 0.2) is 79.0 Å². The Kier molecular flexibility index (Phi) is 8.51. The lowest BCUT2D eigenvalue weighted by Gasteiger charge is -2.28. The number of aromatic nitrogens is 1. The molecule has 1 aromatic heterocycles. The summed E-state index contributed by atoms with van der Waals surface area (Å²) >= 11 is 0. The summed E-state index contributed by atoms with van der Waals surface area (Å²) in [7, 11) is 0. The van der Waals surface area contributed by atoms with Gasteiger partial charge in [0.15, 0.2) is 11.6 Å². The molecule has 0 unspecified atom stereocenters. The zero-order valence-electron chi connectivity index (χ0n) is 20.7. The van der Waals surface area contributed by atoms with Gasteiger partial charge in [-0.05, 0) is 42.2 Å². The van der Waals surface area contributed by atoms with Crippen molar-refractivity contribution in [3.63, 3.8) is 0 Å². The molecule has 0 aliphatic rings. The molecular weight excluding hydrogens is 474 g/mol. The number of para-hydroxylation sites is 1. The van der Waals surface area contributed by atoms with E-state index in [9.17, 15) is 18.4 Å². The molecule has 0 radical (unpaired) electrons. The van der Waals surface area contributed by atoms with Gasteiger partial charge in [-0.2, -0.15) is 0 Å². The van der Waals surface area contributed by atoms with E-state index in [0.29, 0.717) is 32.5 Å². The maximum atomic E-state index is 13.6. The molecule has 8 heteroatoms. The Morgan fingerprint density at radius 2 is 1.65 bits per heavy atom. The van der Waals surface area contributed by atoms with Crippen LogP contribution in [0, 0.1) is 11.6 Å². The van der Waals surface area contributed by atoms with Gasteiger partial charge in [-0.15, -0.1) is 0 Å². The number of benzene rings is 3. The predicted octanol–water partition coefficient (Wildman–Crippen LogP) is 5.96. The summed E-state index contributed by atoms with van der Waals surface area (Å²) in [5.74, 6) is -2.25. The number of aromatic amines is 1. The van der Waals surface area contributed by atoms with Crippen LogP contribution in [0.25, 0.3) is 10.9 Å². The molecule has 0 aliphatic heterocycles. The molecule has 4 rings (SSSR count). The summed E-state index contributed by atoms with van der Waals surface area (Å²) in [6.07, 6.45) is 3.25. The van der Waals surface area contributed by atoms with Gasteiger partial charge in [0.05, 0.1) is 0 Å². The lowest BCUT2D eigenvalue weighted by atomic mass is 10.1. The highest BCUT2D eigenvalue weighted by Gasteiger charge is 2.22. The summed E-state index contributed by atoms with van der Waals surface area (Å²) < 4.78 is 26.9. The molecule has 1 heterocycles. The SMILES string of the molecule is CCCN(CC(=O)N(CCc1c[nH]c2ccccc12)Cc1ccccc1)C(=O)Nc1ccc(F)c(F)c1. The molecule has 0 fully saturated rings. The van der Waals surface area contributed by atoms with Crippen LogP contribution in [0.1, 0.15) is 24.5 Å². The summed E-state index contributed by atoms with van der Waals surface area (Å²) in [5.41, 5.74) is 3.27. The molecule has 2 N–H and O–H groups in total. The van der Waals surface area contributed by atoms with Gasteiger partial charge in [0.25, 0.3) is 0 Å².